The first-order valence-electron chi connectivity index (χ1n) is 10.3. The molecule has 0 atom stereocenters. The molecule has 1 aliphatic carbocycles. The molecule has 0 bridgehead atoms. The minimum Gasteiger partial charge on any atom is -0.351 e. The van der Waals surface area contributed by atoms with Crippen molar-refractivity contribution in [3.8, 4) is 11.1 Å². The van der Waals surface area contributed by atoms with E-state index in [-0.39, 0.29) is 17.5 Å². The van der Waals surface area contributed by atoms with E-state index in [1.165, 1.54) is 0 Å². The average molecular weight is 402 g/mol. The summed E-state index contributed by atoms with van der Waals surface area (Å²) in [6, 6.07) is 4.28. The van der Waals surface area contributed by atoms with Gasteiger partial charge in [-0.15, -0.1) is 0 Å². The Hall–Kier alpha value is -3.49. The number of nitrogens with one attached hydrogen (secondary N) is 2. The smallest absolute Gasteiger partial charge is 0.224 e. The Balaban J connectivity index is 1.20. The number of fused-ring (bicyclic) bond motifs is 2. The summed E-state index contributed by atoms with van der Waals surface area (Å²) in [7, 11) is 0. The zero-order valence-corrected chi connectivity index (χ0v) is 16.7. The SMILES string of the molecule is C[C@]1(N2CCCC2=O)C[C@H](Nc2ncc3c(-c4ccn5ncnc5c4)c[nH]c3n2)C1. The van der Waals surface area contributed by atoms with Crippen LogP contribution >= 0.6 is 0 Å². The first kappa shape index (κ1) is 17.4. The van der Waals surface area contributed by atoms with Gasteiger partial charge in [0.1, 0.15) is 12.0 Å². The fraction of sp³-hybridized carbons (Fsp3) is 0.381. The number of amides is 1. The number of hydrogen-bond acceptors (Lipinski definition) is 6. The fourth-order valence-corrected chi connectivity index (χ4v) is 4.92. The van der Waals surface area contributed by atoms with Crippen molar-refractivity contribution in [2.45, 2.75) is 44.2 Å². The fourth-order valence-electron chi connectivity index (χ4n) is 4.92. The molecule has 1 amide bonds. The van der Waals surface area contributed by atoms with Gasteiger partial charge in [-0.25, -0.2) is 14.5 Å². The average Bonchev–Trinajstić information content (AvgIpc) is 3.44. The largest absolute Gasteiger partial charge is 0.351 e. The second kappa shape index (κ2) is 6.25. The summed E-state index contributed by atoms with van der Waals surface area (Å²) in [4.78, 5) is 30.8. The molecular formula is C21H22N8O. The van der Waals surface area contributed by atoms with Gasteiger partial charge in [0.2, 0.25) is 11.9 Å². The molecule has 152 valence electrons. The zero-order valence-electron chi connectivity index (χ0n) is 16.7. The number of H-pyrrole nitrogens is 1. The monoisotopic (exact) mass is 402 g/mol. The Kier molecular flexibility index (Phi) is 3.62. The summed E-state index contributed by atoms with van der Waals surface area (Å²) in [5.41, 5.74) is 3.63. The highest BCUT2D eigenvalue weighted by Gasteiger charge is 2.48. The van der Waals surface area contributed by atoms with Gasteiger partial charge in [-0.1, -0.05) is 0 Å². The van der Waals surface area contributed by atoms with Gasteiger partial charge in [0.05, 0.1) is 0 Å². The van der Waals surface area contributed by atoms with Crippen molar-refractivity contribution in [3.05, 3.63) is 37.1 Å². The summed E-state index contributed by atoms with van der Waals surface area (Å²) < 4.78 is 1.74. The van der Waals surface area contributed by atoms with Crippen molar-refractivity contribution in [1.29, 1.82) is 0 Å². The molecule has 1 saturated heterocycles. The molecule has 1 saturated carbocycles. The van der Waals surface area contributed by atoms with Crippen molar-refractivity contribution in [2.24, 2.45) is 0 Å². The lowest BCUT2D eigenvalue weighted by molar-refractivity contribution is -0.136. The van der Waals surface area contributed by atoms with Crippen LogP contribution in [0.3, 0.4) is 0 Å². The van der Waals surface area contributed by atoms with Crippen LogP contribution in [0.15, 0.2) is 37.1 Å². The maximum Gasteiger partial charge on any atom is 0.224 e. The molecule has 0 aromatic carbocycles. The third-order valence-electron chi connectivity index (χ3n) is 6.45. The molecule has 30 heavy (non-hydrogen) atoms. The van der Waals surface area contributed by atoms with Crippen molar-refractivity contribution in [2.75, 3.05) is 11.9 Å². The van der Waals surface area contributed by atoms with Crippen LogP contribution < -0.4 is 5.32 Å². The van der Waals surface area contributed by atoms with E-state index in [4.69, 9.17) is 0 Å². The lowest BCUT2D eigenvalue weighted by Gasteiger charge is -2.51. The van der Waals surface area contributed by atoms with Gasteiger partial charge in [0.15, 0.2) is 5.65 Å². The summed E-state index contributed by atoms with van der Waals surface area (Å²) in [6.07, 6.45) is 10.8. The van der Waals surface area contributed by atoms with E-state index in [1.54, 1.807) is 10.8 Å². The number of carbonyl (C=O) groups is 1. The van der Waals surface area contributed by atoms with E-state index in [1.807, 2.05) is 30.7 Å². The van der Waals surface area contributed by atoms with Crippen molar-refractivity contribution < 1.29 is 4.79 Å². The van der Waals surface area contributed by atoms with Crippen LogP contribution in [0.25, 0.3) is 27.8 Å². The van der Waals surface area contributed by atoms with Crippen LogP contribution in [-0.2, 0) is 4.79 Å². The van der Waals surface area contributed by atoms with Gasteiger partial charge in [-0.2, -0.15) is 10.1 Å². The van der Waals surface area contributed by atoms with Gasteiger partial charge in [0.25, 0.3) is 0 Å². The van der Waals surface area contributed by atoms with E-state index in [0.717, 1.165) is 53.6 Å². The highest BCUT2D eigenvalue weighted by molar-refractivity contribution is 5.93. The van der Waals surface area contributed by atoms with Crippen LogP contribution in [0.5, 0.6) is 0 Å². The predicted molar refractivity (Wildman–Crippen MR) is 112 cm³/mol. The molecule has 9 nitrogen and oxygen atoms in total. The van der Waals surface area contributed by atoms with Crippen LogP contribution in [0, 0.1) is 0 Å². The summed E-state index contributed by atoms with van der Waals surface area (Å²) in [6.45, 7) is 3.07. The van der Waals surface area contributed by atoms with Crippen LogP contribution in [0.2, 0.25) is 0 Å². The van der Waals surface area contributed by atoms with Crippen LogP contribution in [-0.4, -0.2) is 58.5 Å². The number of aromatic nitrogens is 6. The molecule has 9 heteroatoms. The summed E-state index contributed by atoms with van der Waals surface area (Å²) in [5, 5.41) is 8.53. The van der Waals surface area contributed by atoms with Crippen molar-refractivity contribution in [1.82, 2.24) is 34.4 Å². The number of carbonyl (C=O) groups excluding carboxylic acids is 1. The second-order valence-corrected chi connectivity index (χ2v) is 8.53. The first-order chi connectivity index (χ1) is 14.6. The normalized spacial score (nSPS) is 24.0. The van der Waals surface area contributed by atoms with E-state index >= 15 is 0 Å². The summed E-state index contributed by atoms with van der Waals surface area (Å²) >= 11 is 0. The van der Waals surface area contributed by atoms with Gasteiger partial charge in [-0.3, -0.25) is 4.79 Å². The van der Waals surface area contributed by atoms with E-state index in [2.05, 4.69) is 42.2 Å². The molecule has 0 unspecified atom stereocenters. The topological polar surface area (TPSA) is 104 Å². The summed E-state index contributed by atoms with van der Waals surface area (Å²) in [5.74, 6) is 0.903. The molecule has 1 aliphatic heterocycles. The van der Waals surface area contributed by atoms with Crippen molar-refractivity contribution in [3.63, 3.8) is 0 Å². The first-order valence-corrected chi connectivity index (χ1v) is 10.3. The van der Waals surface area contributed by atoms with Gasteiger partial charge in [-0.05, 0) is 43.9 Å². The van der Waals surface area contributed by atoms with Gasteiger partial charge >= 0.3 is 0 Å². The molecule has 4 aromatic heterocycles. The molecule has 0 radical (unpaired) electrons. The Morgan fingerprint density at radius 1 is 1.30 bits per heavy atom. The Morgan fingerprint density at radius 3 is 3.03 bits per heavy atom. The number of aromatic amines is 1. The highest BCUT2D eigenvalue weighted by atomic mass is 16.2. The third-order valence-corrected chi connectivity index (χ3v) is 6.45. The minimum absolute atomic E-state index is 0.0324. The number of nitrogens with zero attached hydrogens (tertiary/aromatic N) is 6. The maximum absolute atomic E-state index is 12.1. The Morgan fingerprint density at radius 2 is 2.20 bits per heavy atom. The molecule has 4 aromatic rings. The number of hydrogen-bond donors (Lipinski definition) is 2. The van der Waals surface area contributed by atoms with Crippen LogP contribution in [0.4, 0.5) is 5.95 Å². The number of anilines is 1. The third kappa shape index (κ3) is 2.65. The number of pyridine rings is 1. The molecule has 2 aliphatic rings. The quantitative estimate of drug-likeness (QED) is 0.544. The predicted octanol–water partition coefficient (Wildman–Crippen LogP) is 2.62. The molecule has 2 fully saturated rings. The Labute approximate surface area is 172 Å². The molecular weight excluding hydrogens is 380 g/mol. The van der Waals surface area contributed by atoms with E-state index < -0.39 is 0 Å². The second-order valence-electron chi connectivity index (χ2n) is 8.53. The van der Waals surface area contributed by atoms with E-state index in [9.17, 15) is 4.79 Å². The zero-order chi connectivity index (χ0) is 20.3. The lowest BCUT2D eigenvalue weighted by atomic mass is 9.73. The van der Waals surface area contributed by atoms with E-state index in [0.29, 0.717) is 12.4 Å². The lowest BCUT2D eigenvalue weighted by Crippen LogP contribution is -2.59. The number of likely N-dealkylation sites (tertiary alicyclic amines) is 1. The molecule has 0 spiro atoms. The maximum atomic E-state index is 12.1. The minimum atomic E-state index is -0.0324. The molecule has 5 heterocycles. The molecule has 6 rings (SSSR count). The number of rotatable bonds is 4. The van der Waals surface area contributed by atoms with Gasteiger partial charge in [0, 0.05) is 54.1 Å². The molecule has 2 N–H and O–H groups in total. The Bertz CT molecular complexity index is 1270. The standard InChI is InChI=1S/C21H22N8O/c1-21(28-5-2-3-18(28)30)8-14(9-21)26-20-23-11-16-15(10-22-19(16)27-20)13-4-6-29-17(7-13)24-12-25-29/h4,6-7,10-12,14H,2-3,5,8-9H2,1H3,(H2,22,23,26,27)/t14-,21-. The highest BCUT2D eigenvalue weighted by Crippen LogP contribution is 2.41. The van der Waals surface area contributed by atoms with Crippen molar-refractivity contribution >= 4 is 28.5 Å². The van der Waals surface area contributed by atoms with Gasteiger partial charge < -0.3 is 15.2 Å². The van der Waals surface area contributed by atoms with Crippen LogP contribution in [0.1, 0.15) is 32.6 Å².